The van der Waals surface area contributed by atoms with Crippen LogP contribution in [0.25, 0.3) is 0 Å². The third kappa shape index (κ3) is 3.30. The fourth-order valence-corrected chi connectivity index (χ4v) is 2.61. The molecule has 0 unspecified atom stereocenters. The van der Waals surface area contributed by atoms with Crippen molar-refractivity contribution in [1.29, 1.82) is 0 Å². The van der Waals surface area contributed by atoms with Gasteiger partial charge >= 0.3 is 6.01 Å². The van der Waals surface area contributed by atoms with Crippen LogP contribution < -0.4 is 10.1 Å². The molecule has 2 aromatic rings. The van der Waals surface area contributed by atoms with Gasteiger partial charge in [0.2, 0.25) is 0 Å². The second-order valence-electron chi connectivity index (χ2n) is 4.06. The summed E-state index contributed by atoms with van der Waals surface area (Å²) in [6, 6.07) is 2.61. The molecule has 2 aromatic heterocycles. The van der Waals surface area contributed by atoms with E-state index in [-0.39, 0.29) is 0 Å². The highest BCUT2D eigenvalue weighted by Crippen LogP contribution is 2.22. The molecule has 5 nitrogen and oxygen atoms in total. The van der Waals surface area contributed by atoms with E-state index in [9.17, 15) is 0 Å². The van der Waals surface area contributed by atoms with Crippen molar-refractivity contribution in [3.8, 4) is 6.01 Å². The molecule has 2 heterocycles. The van der Waals surface area contributed by atoms with Crippen LogP contribution in [0.4, 0.5) is 0 Å². The summed E-state index contributed by atoms with van der Waals surface area (Å²) in [4.78, 5) is 6.66. The van der Waals surface area contributed by atoms with Gasteiger partial charge in [0, 0.05) is 28.9 Å². The lowest BCUT2D eigenvalue weighted by molar-refractivity contribution is 0.280. The molecule has 0 aliphatic heterocycles. The first-order chi connectivity index (χ1) is 8.69. The number of nitrogens with zero attached hydrogens (tertiary/aromatic N) is 3. The lowest BCUT2D eigenvalue weighted by Crippen LogP contribution is -2.10. The molecule has 98 valence electrons. The van der Waals surface area contributed by atoms with E-state index in [1.54, 1.807) is 22.3 Å². The predicted molar refractivity (Wildman–Crippen MR) is 71.8 cm³/mol. The van der Waals surface area contributed by atoms with Gasteiger partial charge in [0.1, 0.15) is 12.9 Å². The molecular formula is C12H18N4OS. The second kappa shape index (κ2) is 5.97. The average molecular weight is 266 g/mol. The topological polar surface area (TPSA) is 52.0 Å². The van der Waals surface area contributed by atoms with Crippen molar-refractivity contribution in [1.82, 2.24) is 20.1 Å². The molecule has 0 saturated carbocycles. The lowest BCUT2D eigenvalue weighted by atomic mass is 10.2. The van der Waals surface area contributed by atoms with Crippen LogP contribution in [0.15, 0.2) is 12.4 Å². The van der Waals surface area contributed by atoms with E-state index in [4.69, 9.17) is 4.74 Å². The minimum Gasteiger partial charge on any atom is -0.457 e. The van der Waals surface area contributed by atoms with Crippen LogP contribution in [0.5, 0.6) is 6.01 Å². The lowest BCUT2D eigenvalue weighted by Gasteiger charge is -2.00. The number of rotatable bonds is 6. The molecule has 0 atom stereocenters. The first kappa shape index (κ1) is 13.0. The zero-order valence-corrected chi connectivity index (χ0v) is 11.8. The van der Waals surface area contributed by atoms with E-state index in [0.717, 1.165) is 13.1 Å². The summed E-state index contributed by atoms with van der Waals surface area (Å²) in [5.74, 6) is 0. The van der Waals surface area contributed by atoms with E-state index in [0.29, 0.717) is 12.6 Å². The highest BCUT2D eigenvalue weighted by molar-refractivity contribution is 7.12. The third-order valence-corrected chi connectivity index (χ3v) is 3.65. The van der Waals surface area contributed by atoms with Crippen molar-refractivity contribution in [2.45, 2.75) is 27.0 Å². The number of ether oxygens (including phenoxy) is 1. The molecule has 0 aliphatic rings. The minimum atomic E-state index is 0.427. The first-order valence-electron chi connectivity index (χ1n) is 5.96. The van der Waals surface area contributed by atoms with Gasteiger partial charge in [-0.05, 0) is 19.5 Å². The number of aryl methyl sites for hydroxylation is 2. The van der Waals surface area contributed by atoms with Crippen LogP contribution in [0.2, 0.25) is 0 Å². The van der Waals surface area contributed by atoms with Gasteiger partial charge in [-0.25, -0.2) is 0 Å². The van der Waals surface area contributed by atoms with Gasteiger partial charge < -0.3 is 10.1 Å². The van der Waals surface area contributed by atoms with Crippen LogP contribution in [0.1, 0.15) is 22.2 Å². The molecule has 1 N–H and O–H groups in total. The van der Waals surface area contributed by atoms with Gasteiger partial charge in [-0.15, -0.1) is 16.4 Å². The number of aromatic nitrogens is 3. The standard InChI is InChI=1S/C12H18N4OS/c1-4-13-6-11-5-10(9(2)18-11)7-17-12-14-8-16(3)15-12/h5,8,13H,4,6-7H2,1-3H3. The van der Waals surface area contributed by atoms with E-state index in [1.807, 2.05) is 7.05 Å². The average Bonchev–Trinajstić information content (AvgIpc) is 2.90. The molecule has 0 aromatic carbocycles. The summed E-state index contributed by atoms with van der Waals surface area (Å²) >= 11 is 1.81. The Hall–Kier alpha value is -1.40. The van der Waals surface area contributed by atoms with Gasteiger partial charge in [0.15, 0.2) is 0 Å². The molecule has 0 saturated heterocycles. The van der Waals surface area contributed by atoms with Crippen molar-refractivity contribution in [2.75, 3.05) is 6.54 Å². The summed E-state index contributed by atoms with van der Waals surface area (Å²) in [6.07, 6.45) is 1.63. The molecule has 18 heavy (non-hydrogen) atoms. The van der Waals surface area contributed by atoms with Crippen molar-refractivity contribution in [2.24, 2.45) is 7.05 Å². The molecule has 0 aliphatic carbocycles. The molecule has 0 radical (unpaired) electrons. The van der Waals surface area contributed by atoms with Crippen molar-refractivity contribution in [3.63, 3.8) is 0 Å². The summed E-state index contributed by atoms with van der Waals surface area (Å²) in [7, 11) is 1.82. The third-order valence-electron chi connectivity index (χ3n) is 2.56. The van der Waals surface area contributed by atoms with Crippen molar-refractivity contribution >= 4 is 11.3 Å². The minimum absolute atomic E-state index is 0.427. The summed E-state index contributed by atoms with van der Waals surface area (Å²) in [5, 5.41) is 7.41. The van der Waals surface area contributed by atoms with Gasteiger partial charge in [-0.2, -0.15) is 4.98 Å². The SMILES string of the molecule is CCNCc1cc(COc2ncn(C)n2)c(C)s1. The molecule has 6 heteroatoms. The van der Waals surface area contributed by atoms with Gasteiger partial charge in [-0.1, -0.05) is 6.92 Å². The predicted octanol–water partition coefficient (Wildman–Crippen LogP) is 1.87. The summed E-state index contributed by atoms with van der Waals surface area (Å²) in [6.45, 7) is 6.66. The Morgan fingerprint density at radius 3 is 3.00 bits per heavy atom. The van der Waals surface area contributed by atoms with Gasteiger partial charge in [0.05, 0.1) is 0 Å². The number of hydrogen-bond donors (Lipinski definition) is 1. The van der Waals surface area contributed by atoms with Crippen LogP contribution in [-0.2, 0) is 20.2 Å². The molecule has 0 bridgehead atoms. The van der Waals surface area contributed by atoms with Crippen molar-refractivity contribution < 1.29 is 4.74 Å². The van der Waals surface area contributed by atoms with Gasteiger partial charge in [0.25, 0.3) is 0 Å². The summed E-state index contributed by atoms with van der Waals surface area (Å²) in [5.41, 5.74) is 1.21. The largest absolute Gasteiger partial charge is 0.457 e. The Bertz CT molecular complexity index is 506. The van der Waals surface area contributed by atoms with Crippen LogP contribution in [-0.4, -0.2) is 21.3 Å². The Balaban J connectivity index is 1.94. The fraction of sp³-hybridized carbons (Fsp3) is 0.500. The Labute approximate surface area is 111 Å². The fourth-order valence-electron chi connectivity index (χ4n) is 1.59. The number of thiophene rings is 1. The molecule has 0 fully saturated rings. The van der Waals surface area contributed by atoms with E-state index < -0.39 is 0 Å². The maximum atomic E-state index is 5.55. The maximum Gasteiger partial charge on any atom is 0.335 e. The zero-order chi connectivity index (χ0) is 13.0. The van der Waals surface area contributed by atoms with Crippen LogP contribution in [0, 0.1) is 6.92 Å². The van der Waals surface area contributed by atoms with E-state index in [1.165, 1.54) is 15.3 Å². The molecule has 0 amide bonds. The zero-order valence-electron chi connectivity index (χ0n) is 10.9. The normalized spacial score (nSPS) is 10.8. The number of hydrogen-bond acceptors (Lipinski definition) is 5. The van der Waals surface area contributed by atoms with E-state index >= 15 is 0 Å². The monoisotopic (exact) mass is 266 g/mol. The Morgan fingerprint density at radius 1 is 1.50 bits per heavy atom. The quantitative estimate of drug-likeness (QED) is 0.867. The first-order valence-corrected chi connectivity index (χ1v) is 6.78. The molecular weight excluding hydrogens is 248 g/mol. The smallest absolute Gasteiger partial charge is 0.335 e. The van der Waals surface area contributed by atoms with Gasteiger partial charge in [-0.3, -0.25) is 4.68 Å². The maximum absolute atomic E-state index is 5.55. The van der Waals surface area contributed by atoms with Crippen molar-refractivity contribution in [3.05, 3.63) is 27.7 Å². The Kier molecular flexibility index (Phi) is 4.33. The summed E-state index contributed by atoms with van der Waals surface area (Å²) < 4.78 is 7.19. The molecule has 2 rings (SSSR count). The number of nitrogens with one attached hydrogen (secondary N) is 1. The van der Waals surface area contributed by atoms with E-state index in [2.05, 4.69) is 35.3 Å². The highest BCUT2D eigenvalue weighted by Gasteiger charge is 2.07. The van der Waals surface area contributed by atoms with Crippen LogP contribution in [0.3, 0.4) is 0 Å². The Morgan fingerprint density at radius 2 is 2.33 bits per heavy atom. The molecule has 0 spiro atoms. The second-order valence-corrected chi connectivity index (χ2v) is 5.40. The highest BCUT2D eigenvalue weighted by atomic mass is 32.1. The van der Waals surface area contributed by atoms with Crippen LogP contribution >= 0.6 is 11.3 Å².